The Kier molecular flexibility index (Phi) is 13.3. The zero-order chi connectivity index (χ0) is 32.9. The van der Waals surface area contributed by atoms with Crippen molar-refractivity contribution in [2.75, 3.05) is 98.3 Å². The van der Waals surface area contributed by atoms with Gasteiger partial charge in [0.2, 0.25) is 0 Å². The largest absolute Gasteiger partial charge is 0.375 e. The Morgan fingerprint density at radius 2 is 1.16 bits per heavy atom. The van der Waals surface area contributed by atoms with E-state index in [1.54, 1.807) is 0 Å². The van der Waals surface area contributed by atoms with Crippen molar-refractivity contribution >= 4 is 0 Å². The lowest BCUT2D eigenvalue weighted by atomic mass is 9.69. The van der Waals surface area contributed by atoms with Crippen molar-refractivity contribution in [3.63, 3.8) is 0 Å². The average Bonchev–Trinajstić information content (AvgIpc) is 2.94. The molecule has 4 fully saturated rings. The van der Waals surface area contributed by atoms with E-state index in [0.29, 0.717) is 11.0 Å². The first kappa shape index (κ1) is 37.5. The van der Waals surface area contributed by atoms with Crippen LogP contribution in [0.3, 0.4) is 0 Å². The summed E-state index contributed by atoms with van der Waals surface area (Å²) in [5, 5.41) is 0. The Morgan fingerprint density at radius 1 is 0.578 bits per heavy atom. The maximum atomic E-state index is 6.52. The van der Waals surface area contributed by atoms with Crippen molar-refractivity contribution in [3.8, 4) is 0 Å². The minimum Gasteiger partial charge on any atom is -0.375 e. The molecule has 0 saturated carbocycles. The highest BCUT2D eigenvalue weighted by Gasteiger charge is 2.37. The third kappa shape index (κ3) is 12.3. The minimum absolute atomic E-state index is 0.0274. The predicted molar refractivity (Wildman–Crippen MR) is 190 cm³/mol. The van der Waals surface area contributed by atoms with E-state index in [9.17, 15) is 0 Å². The maximum Gasteiger partial charge on any atom is 0.0627 e. The molecule has 0 spiro atoms. The van der Waals surface area contributed by atoms with Gasteiger partial charge in [-0.25, -0.2) is 0 Å². The van der Waals surface area contributed by atoms with Crippen LogP contribution in [0.2, 0.25) is 0 Å². The van der Waals surface area contributed by atoms with Gasteiger partial charge in [-0.1, -0.05) is 13.8 Å². The van der Waals surface area contributed by atoms with Gasteiger partial charge in [-0.15, -0.1) is 0 Å². The Morgan fingerprint density at radius 3 is 1.73 bits per heavy atom. The molecule has 7 heteroatoms. The summed E-state index contributed by atoms with van der Waals surface area (Å²) in [6, 6.07) is 0.784. The quantitative estimate of drug-likeness (QED) is 0.235. The lowest BCUT2D eigenvalue weighted by molar-refractivity contribution is -0.0557. The Bertz CT molecular complexity index is 850. The summed E-state index contributed by atoms with van der Waals surface area (Å²) in [5.74, 6) is 1.67. The van der Waals surface area contributed by atoms with Gasteiger partial charge in [0.15, 0.2) is 0 Å². The monoisotopic (exact) mass is 634 g/mol. The highest BCUT2D eigenvalue weighted by Crippen LogP contribution is 2.41. The Hall–Kier alpha value is -0.280. The highest BCUT2D eigenvalue weighted by atomic mass is 16.5. The molecule has 0 amide bonds. The normalized spacial score (nSPS) is 24.4. The van der Waals surface area contributed by atoms with Crippen LogP contribution < -0.4 is 0 Å². The summed E-state index contributed by atoms with van der Waals surface area (Å²) in [6.45, 7) is 40.8. The van der Waals surface area contributed by atoms with Gasteiger partial charge < -0.3 is 29.1 Å². The number of hydrogen-bond acceptors (Lipinski definition) is 7. The van der Waals surface area contributed by atoms with Crippen LogP contribution in [-0.4, -0.2) is 146 Å². The van der Waals surface area contributed by atoms with Gasteiger partial charge in [-0.3, -0.25) is 4.90 Å². The molecular formula is C38H75N5O2. The molecule has 0 unspecified atom stereocenters. The smallest absolute Gasteiger partial charge is 0.0627 e. The molecule has 4 saturated heterocycles. The van der Waals surface area contributed by atoms with Crippen LogP contribution in [0.1, 0.15) is 108 Å². The van der Waals surface area contributed by atoms with Gasteiger partial charge in [0.05, 0.1) is 24.4 Å². The van der Waals surface area contributed by atoms with Crippen molar-refractivity contribution in [1.29, 1.82) is 0 Å². The van der Waals surface area contributed by atoms with Gasteiger partial charge in [0, 0.05) is 70.5 Å². The second kappa shape index (κ2) is 16.0. The maximum absolute atomic E-state index is 6.52. The van der Waals surface area contributed by atoms with Crippen molar-refractivity contribution in [3.05, 3.63) is 0 Å². The number of piperidine rings is 2. The van der Waals surface area contributed by atoms with Crippen LogP contribution in [0.15, 0.2) is 0 Å². The van der Waals surface area contributed by atoms with Gasteiger partial charge >= 0.3 is 0 Å². The molecule has 4 aliphatic rings. The lowest BCUT2D eigenvalue weighted by Crippen LogP contribution is -2.57. The van der Waals surface area contributed by atoms with Gasteiger partial charge in [0.1, 0.15) is 0 Å². The summed E-state index contributed by atoms with van der Waals surface area (Å²) in [4.78, 5) is 13.4. The van der Waals surface area contributed by atoms with Crippen LogP contribution in [0.25, 0.3) is 0 Å². The molecule has 0 aromatic carbocycles. The van der Waals surface area contributed by atoms with Crippen LogP contribution >= 0.6 is 0 Å². The third-order valence-electron chi connectivity index (χ3n) is 11.8. The fraction of sp³-hybridized carbons (Fsp3) is 1.00. The number of rotatable bonds is 14. The first-order chi connectivity index (χ1) is 21.0. The molecular weight excluding hydrogens is 558 g/mol. The van der Waals surface area contributed by atoms with Gasteiger partial charge in [-0.05, 0) is 137 Å². The van der Waals surface area contributed by atoms with E-state index in [1.165, 1.54) is 104 Å². The standard InChI is InChI=1S/C38H75N5O2/c1-35(2,3)43-23-21-40(22-24-43)29-32-30-41(31-32)26-28-45-38(9,10)16-15-37(7,8)33-11-19-42(20-12-33)34-13-17-39(18-14-34)25-27-44-36(4,5)6/h32-34H,11-31H2,1-10H3. The fourth-order valence-corrected chi connectivity index (χ4v) is 8.33. The highest BCUT2D eigenvalue weighted by molar-refractivity contribution is 4.90. The van der Waals surface area contributed by atoms with Crippen molar-refractivity contribution in [2.24, 2.45) is 17.3 Å². The van der Waals surface area contributed by atoms with Crippen molar-refractivity contribution in [1.82, 2.24) is 24.5 Å². The number of ether oxygens (including phenoxy) is 2. The van der Waals surface area contributed by atoms with E-state index in [4.69, 9.17) is 9.47 Å². The molecule has 0 aromatic heterocycles. The van der Waals surface area contributed by atoms with Crippen LogP contribution in [-0.2, 0) is 9.47 Å². The fourth-order valence-electron chi connectivity index (χ4n) is 8.33. The summed E-state index contributed by atoms with van der Waals surface area (Å²) >= 11 is 0. The molecule has 0 bridgehead atoms. The van der Waals surface area contributed by atoms with Crippen molar-refractivity contribution in [2.45, 2.75) is 131 Å². The summed E-state index contributed by atoms with van der Waals surface area (Å²) in [7, 11) is 0. The summed E-state index contributed by atoms with van der Waals surface area (Å²) < 4.78 is 12.5. The molecule has 0 radical (unpaired) electrons. The molecule has 264 valence electrons. The number of nitrogens with zero attached hydrogens (tertiary/aromatic N) is 5. The molecule has 4 heterocycles. The van der Waals surface area contributed by atoms with Crippen molar-refractivity contribution < 1.29 is 9.47 Å². The van der Waals surface area contributed by atoms with E-state index >= 15 is 0 Å². The van der Waals surface area contributed by atoms with E-state index in [2.05, 4.69) is 93.7 Å². The number of piperazine rings is 1. The van der Waals surface area contributed by atoms with E-state index in [1.807, 2.05) is 0 Å². The molecule has 0 N–H and O–H groups in total. The van der Waals surface area contributed by atoms with Crippen LogP contribution in [0, 0.1) is 17.3 Å². The third-order valence-corrected chi connectivity index (χ3v) is 11.8. The van der Waals surface area contributed by atoms with E-state index in [0.717, 1.165) is 50.6 Å². The van der Waals surface area contributed by atoms with E-state index in [-0.39, 0.29) is 11.2 Å². The summed E-state index contributed by atoms with van der Waals surface area (Å²) in [5.41, 5.74) is 0.620. The average molecular weight is 634 g/mol. The molecule has 4 aliphatic heterocycles. The molecule has 45 heavy (non-hydrogen) atoms. The molecule has 0 aromatic rings. The van der Waals surface area contributed by atoms with Crippen LogP contribution in [0.5, 0.6) is 0 Å². The second-order valence-electron chi connectivity index (χ2n) is 18.5. The van der Waals surface area contributed by atoms with Crippen LogP contribution in [0.4, 0.5) is 0 Å². The van der Waals surface area contributed by atoms with Gasteiger partial charge in [-0.2, -0.15) is 0 Å². The minimum atomic E-state index is -0.0408. The Balaban J connectivity index is 1.05. The molecule has 0 atom stereocenters. The lowest BCUT2D eigenvalue weighted by Gasteiger charge is -2.46. The summed E-state index contributed by atoms with van der Waals surface area (Å²) in [6.07, 6.45) is 7.77. The number of hydrogen-bond donors (Lipinski definition) is 0. The second-order valence-corrected chi connectivity index (χ2v) is 18.5. The first-order valence-electron chi connectivity index (χ1n) is 18.9. The Labute approximate surface area is 279 Å². The zero-order valence-corrected chi connectivity index (χ0v) is 31.6. The SMILES string of the molecule is CC(C)(C)OCCN1CCC(N2CCC(C(C)(C)CCC(C)(C)OCCN3CC(CN4CCN(C(C)(C)C)CC4)C3)CC2)CC1. The molecule has 0 aliphatic carbocycles. The first-order valence-corrected chi connectivity index (χ1v) is 18.9. The molecule has 7 nitrogen and oxygen atoms in total. The topological polar surface area (TPSA) is 34.7 Å². The van der Waals surface area contributed by atoms with E-state index < -0.39 is 0 Å². The molecule has 4 rings (SSSR count). The zero-order valence-electron chi connectivity index (χ0n) is 31.6. The van der Waals surface area contributed by atoms with Gasteiger partial charge in [0.25, 0.3) is 0 Å². The predicted octanol–water partition coefficient (Wildman–Crippen LogP) is 5.93. The number of likely N-dealkylation sites (tertiary alicyclic amines) is 3.